The van der Waals surface area contributed by atoms with Crippen LogP contribution in [0.25, 0.3) is 16.5 Å². The second-order valence-electron chi connectivity index (χ2n) is 6.27. The summed E-state index contributed by atoms with van der Waals surface area (Å²) in [6.45, 7) is 0. The highest BCUT2D eigenvalue weighted by molar-refractivity contribution is 5.95. The van der Waals surface area contributed by atoms with Crippen LogP contribution < -0.4 is 16.7 Å². The summed E-state index contributed by atoms with van der Waals surface area (Å²) in [5.74, 6) is -1.12. The van der Waals surface area contributed by atoms with Crippen LogP contribution in [-0.4, -0.2) is 31.8 Å². The van der Waals surface area contributed by atoms with E-state index in [9.17, 15) is 19.5 Å². The molecule has 0 aliphatic carbocycles. The molecule has 0 aliphatic heterocycles. The smallest absolute Gasteiger partial charge is 0.335 e. The summed E-state index contributed by atoms with van der Waals surface area (Å²) in [6, 6.07) is 15.6. The van der Waals surface area contributed by atoms with Crippen molar-refractivity contribution in [2.75, 3.05) is 0 Å². The van der Waals surface area contributed by atoms with Gasteiger partial charge in [-0.25, -0.2) is 14.8 Å². The number of hydrogen-bond donors (Lipinski definition) is 3. The molecule has 0 unspecified atom stereocenters. The van der Waals surface area contributed by atoms with Crippen LogP contribution in [0, 0.1) is 0 Å². The van der Waals surface area contributed by atoms with Crippen molar-refractivity contribution in [3.05, 3.63) is 99.0 Å². The summed E-state index contributed by atoms with van der Waals surface area (Å²) < 4.78 is 0.982. The van der Waals surface area contributed by atoms with Crippen LogP contribution in [0.15, 0.2) is 81.7 Å². The largest absolute Gasteiger partial charge is 0.493 e. The molecule has 0 aliphatic rings. The molecule has 3 N–H and O–H groups in total. The van der Waals surface area contributed by atoms with E-state index in [-0.39, 0.29) is 5.56 Å². The number of aromatic nitrogens is 3. The molecule has 0 atom stereocenters. The van der Waals surface area contributed by atoms with Crippen LogP contribution in [0.5, 0.6) is 5.88 Å². The maximum absolute atomic E-state index is 12.5. The van der Waals surface area contributed by atoms with Gasteiger partial charge in [0, 0.05) is 23.3 Å². The number of amides is 1. The Bertz CT molecular complexity index is 1380. The minimum Gasteiger partial charge on any atom is -0.493 e. The average Bonchev–Trinajstić information content (AvgIpc) is 2.76. The van der Waals surface area contributed by atoms with E-state index in [0.717, 1.165) is 16.2 Å². The van der Waals surface area contributed by atoms with Gasteiger partial charge in [-0.05, 0) is 23.6 Å². The minimum absolute atomic E-state index is 0.280. The highest BCUT2D eigenvalue weighted by atomic mass is 16.3. The lowest BCUT2D eigenvalue weighted by Gasteiger charge is -2.12. The first kappa shape index (κ1) is 18.8. The Morgan fingerprint density at radius 3 is 2.60 bits per heavy atom. The SMILES string of the molecule is O=C(N/N=C\c1c(O)n(-c2cccc3ccccc23)c(=O)[nH]c1=O)c1ccncc1. The zero-order valence-corrected chi connectivity index (χ0v) is 15.4. The molecule has 9 nitrogen and oxygen atoms in total. The maximum Gasteiger partial charge on any atom is 0.335 e. The third kappa shape index (κ3) is 3.47. The molecule has 30 heavy (non-hydrogen) atoms. The molecule has 0 saturated carbocycles. The van der Waals surface area contributed by atoms with Gasteiger partial charge in [-0.1, -0.05) is 36.4 Å². The van der Waals surface area contributed by atoms with Crippen molar-refractivity contribution in [2.45, 2.75) is 0 Å². The molecule has 0 saturated heterocycles. The summed E-state index contributed by atoms with van der Waals surface area (Å²) in [4.78, 5) is 42.7. The topological polar surface area (TPSA) is 129 Å². The first-order valence-corrected chi connectivity index (χ1v) is 8.86. The van der Waals surface area contributed by atoms with Gasteiger partial charge < -0.3 is 5.11 Å². The molecule has 0 radical (unpaired) electrons. The predicted octanol–water partition coefficient (Wildman–Crippen LogP) is 1.54. The van der Waals surface area contributed by atoms with Gasteiger partial charge in [0.25, 0.3) is 11.5 Å². The van der Waals surface area contributed by atoms with E-state index in [1.165, 1.54) is 24.5 Å². The molecular weight excluding hydrogens is 386 g/mol. The lowest BCUT2D eigenvalue weighted by atomic mass is 10.1. The van der Waals surface area contributed by atoms with Gasteiger partial charge in [-0.2, -0.15) is 5.10 Å². The maximum atomic E-state index is 12.5. The number of aromatic hydroxyl groups is 1. The van der Waals surface area contributed by atoms with Gasteiger partial charge >= 0.3 is 5.69 Å². The predicted molar refractivity (Wildman–Crippen MR) is 111 cm³/mol. The zero-order chi connectivity index (χ0) is 21.1. The summed E-state index contributed by atoms with van der Waals surface area (Å²) in [7, 11) is 0. The Labute approximate surface area is 169 Å². The molecule has 1 amide bonds. The molecule has 148 valence electrons. The number of hydrazone groups is 1. The normalized spacial score (nSPS) is 11.1. The lowest BCUT2D eigenvalue weighted by molar-refractivity contribution is 0.0955. The Balaban J connectivity index is 1.75. The number of aromatic amines is 1. The fourth-order valence-corrected chi connectivity index (χ4v) is 3.00. The molecule has 4 rings (SSSR count). The van der Waals surface area contributed by atoms with Gasteiger partial charge in [0.15, 0.2) is 0 Å². The van der Waals surface area contributed by atoms with Crippen molar-refractivity contribution in [3.63, 3.8) is 0 Å². The molecule has 2 heterocycles. The molecule has 0 spiro atoms. The van der Waals surface area contributed by atoms with Gasteiger partial charge in [0.1, 0.15) is 5.56 Å². The highest BCUT2D eigenvalue weighted by Crippen LogP contribution is 2.24. The molecule has 4 aromatic rings. The van der Waals surface area contributed by atoms with E-state index < -0.39 is 23.0 Å². The Morgan fingerprint density at radius 2 is 1.80 bits per heavy atom. The second-order valence-corrected chi connectivity index (χ2v) is 6.27. The highest BCUT2D eigenvalue weighted by Gasteiger charge is 2.16. The average molecular weight is 401 g/mol. The fourth-order valence-electron chi connectivity index (χ4n) is 3.00. The molecule has 9 heteroatoms. The monoisotopic (exact) mass is 401 g/mol. The van der Waals surface area contributed by atoms with Gasteiger partial charge in [0.05, 0.1) is 11.9 Å². The summed E-state index contributed by atoms with van der Waals surface area (Å²) in [5.41, 5.74) is 1.05. The van der Waals surface area contributed by atoms with Crippen LogP contribution in [0.4, 0.5) is 0 Å². The number of carbonyl (C=O) groups excluding carboxylic acids is 1. The first-order chi connectivity index (χ1) is 14.6. The third-order valence-electron chi connectivity index (χ3n) is 4.43. The van der Waals surface area contributed by atoms with Gasteiger partial charge in [-0.15, -0.1) is 0 Å². The number of fused-ring (bicyclic) bond motifs is 1. The van der Waals surface area contributed by atoms with E-state index in [0.29, 0.717) is 16.6 Å². The molecule has 2 aromatic carbocycles. The van der Waals surface area contributed by atoms with Crippen LogP contribution in [-0.2, 0) is 0 Å². The Morgan fingerprint density at radius 1 is 1.07 bits per heavy atom. The Kier molecular flexibility index (Phi) is 4.92. The summed E-state index contributed by atoms with van der Waals surface area (Å²) in [5, 5.41) is 16.0. The number of hydrogen-bond acceptors (Lipinski definition) is 6. The second kappa shape index (κ2) is 7.84. The number of rotatable bonds is 4. The minimum atomic E-state index is -0.837. The van der Waals surface area contributed by atoms with Crippen LogP contribution in [0.2, 0.25) is 0 Å². The van der Waals surface area contributed by atoms with E-state index in [1.54, 1.807) is 24.3 Å². The van der Waals surface area contributed by atoms with E-state index in [4.69, 9.17) is 0 Å². The van der Waals surface area contributed by atoms with Gasteiger partial charge in [-0.3, -0.25) is 19.6 Å². The summed E-state index contributed by atoms with van der Waals surface area (Å²) >= 11 is 0. The quantitative estimate of drug-likeness (QED) is 0.353. The fraction of sp³-hybridized carbons (Fsp3) is 0. The molecule has 0 fully saturated rings. The number of nitrogens with zero attached hydrogens (tertiary/aromatic N) is 3. The number of H-pyrrole nitrogens is 1. The van der Waals surface area contributed by atoms with Crippen molar-refractivity contribution >= 4 is 22.9 Å². The van der Waals surface area contributed by atoms with E-state index in [2.05, 4.69) is 20.5 Å². The number of benzene rings is 2. The van der Waals surface area contributed by atoms with Crippen molar-refractivity contribution < 1.29 is 9.90 Å². The molecule has 2 aromatic heterocycles. The van der Waals surface area contributed by atoms with Gasteiger partial charge in [0.2, 0.25) is 5.88 Å². The number of nitrogens with one attached hydrogen (secondary N) is 2. The zero-order valence-electron chi connectivity index (χ0n) is 15.4. The van der Waals surface area contributed by atoms with Crippen molar-refractivity contribution in [3.8, 4) is 11.6 Å². The Hall–Kier alpha value is -4.53. The summed E-state index contributed by atoms with van der Waals surface area (Å²) in [6.07, 6.45) is 3.89. The molecule has 0 bridgehead atoms. The third-order valence-corrected chi connectivity index (χ3v) is 4.43. The molecular formula is C21H15N5O4. The van der Waals surface area contributed by atoms with Crippen LogP contribution >= 0.6 is 0 Å². The van der Waals surface area contributed by atoms with E-state index in [1.807, 2.05) is 18.2 Å². The first-order valence-electron chi connectivity index (χ1n) is 8.86. The number of carbonyl (C=O) groups is 1. The van der Waals surface area contributed by atoms with Crippen molar-refractivity contribution in [2.24, 2.45) is 5.10 Å². The number of pyridine rings is 1. The van der Waals surface area contributed by atoms with E-state index >= 15 is 0 Å². The standard InChI is InChI=1S/C21H15N5O4/c27-18(14-8-10-22-11-9-14)25-23-12-16-19(28)24-21(30)26(20(16)29)17-7-3-5-13-4-1-2-6-15(13)17/h1-12,29H,(H,25,27)(H,24,28,30)/b23-12-. The van der Waals surface area contributed by atoms with Crippen LogP contribution in [0.3, 0.4) is 0 Å². The van der Waals surface area contributed by atoms with Crippen molar-refractivity contribution in [1.29, 1.82) is 0 Å². The van der Waals surface area contributed by atoms with Crippen molar-refractivity contribution in [1.82, 2.24) is 20.0 Å². The lowest BCUT2D eigenvalue weighted by Crippen LogP contribution is -2.31. The van der Waals surface area contributed by atoms with Crippen LogP contribution in [0.1, 0.15) is 15.9 Å².